The standard InChI is InChI=1S/C35H33ClN4O2/c1-25(2)23-39(35(42)34(27-16-8-4-9-17-27)28-18-10-5-11-19-28)24-33(41)37-32-22-30(26-14-6-3-7-15-26)38-40(32)31-21-13-12-20-29(31)36/h3-22,25,34H,23-24H2,1-2H3,(H,37,41). The van der Waals surface area contributed by atoms with Crippen molar-refractivity contribution in [3.8, 4) is 16.9 Å². The summed E-state index contributed by atoms with van der Waals surface area (Å²) >= 11 is 6.53. The number of benzene rings is 4. The molecule has 1 heterocycles. The molecule has 0 aliphatic rings. The zero-order valence-corrected chi connectivity index (χ0v) is 24.4. The molecule has 0 fully saturated rings. The number of nitrogens with zero attached hydrogens (tertiary/aromatic N) is 3. The maximum absolute atomic E-state index is 14.2. The summed E-state index contributed by atoms with van der Waals surface area (Å²) in [6, 6.07) is 38.3. The van der Waals surface area contributed by atoms with Crippen molar-refractivity contribution in [1.82, 2.24) is 14.7 Å². The minimum absolute atomic E-state index is 0.110. The third-order valence-corrected chi connectivity index (χ3v) is 7.19. The third kappa shape index (κ3) is 6.78. The number of para-hydroxylation sites is 1. The molecule has 0 aliphatic carbocycles. The summed E-state index contributed by atoms with van der Waals surface area (Å²) in [4.78, 5) is 29.5. The Morgan fingerprint density at radius 1 is 0.810 bits per heavy atom. The fourth-order valence-corrected chi connectivity index (χ4v) is 5.22. The number of rotatable bonds is 10. The first-order chi connectivity index (χ1) is 20.4. The van der Waals surface area contributed by atoms with Crippen LogP contribution in [0.2, 0.25) is 5.02 Å². The van der Waals surface area contributed by atoms with E-state index in [2.05, 4.69) is 5.32 Å². The number of carbonyl (C=O) groups excluding carboxylic acids is 2. The molecule has 6 nitrogen and oxygen atoms in total. The van der Waals surface area contributed by atoms with Crippen molar-refractivity contribution in [2.75, 3.05) is 18.4 Å². The summed E-state index contributed by atoms with van der Waals surface area (Å²) in [5.74, 6) is -0.353. The van der Waals surface area contributed by atoms with Crippen molar-refractivity contribution in [3.05, 3.63) is 137 Å². The lowest BCUT2D eigenvalue weighted by Crippen LogP contribution is -2.43. The van der Waals surface area contributed by atoms with Crippen LogP contribution in [0.4, 0.5) is 5.82 Å². The van der Waals surface area contributed by atoms with Crippen molar-refractivity contribution in [2.24, 2.45) is 5.92 Å². The zero-order valence-electron chi connectivity index (χ0n) is 23.7. The molecule has 0 aliphatic heterocycles. The van der Waals surface area contributed by atoms with E-state index in [9.17, 15) is 9.59 Å². The Hall–Kier alpha value is -4.68. The molecular formula is C35H33ClN4O2. The van der Waals surface area contributed by atoms with Crippen LogP contribution in [0.5, 0.6) is 0 Å². The molecule has 0 bridgehead atoms. The molecule has 5 aromatic rings. The van der Waals surface area contributed by atoms with Crippen LogP contribution in [-0.2, 0) is 9.59 Å². The lowest BCUT2D eigenvalue weighted by atomic mass is 9.89. The Kier molecular flexibility index (Phi) is 9.15. The van der Waals surface area contributed by atoms with Gasteiger partial charge in [-0.1, -0.05) is 129 Å². The molecule has 1 N–H and O–H groups in total. The second-order valence-electron chi connectivity index (χ2n) is 10.6. The normalized spacial score (nSPS) is 11.1. The average molecular weight is 577 g/mol. The Labute approximate surface area is 251 Å². The Morgan fingerprint density at radius 3 is 1.93 bits per heavy atom. The molecule has 1 aromatic heterocycles. The molecule has 0 atom stereocenters. The van der Waals surface area contributed by atoms with E-state index in [0.29, 0.717) is 28.8 Å². The van der Waals surface area contributed by atoms with Gasteiger partial charge in [0.15, 0.2) is 0 Å². The van der Waals surface area contributed by atoms with Crippen molar-refractivity contribution in [3.63, 3.8) is 0 Å². The molecule has 212 valence electrons. The van der Waals surface area contributed by atoms with Gasteiger partial charge in [0.2, 0.25) is 11.8 Å². The highest BCUT2D eigenvalue weighted by molar-refractivity contribution is 6.32. The van der Waals surface area contributed by atoms with E-state index < -0.39 is 5.92 Å². The van der Waals surface area contributed by atoms with Gasteiger partial charge < -0.3 is 10.2 Å². The Balaban J connectivity index is 1.46. The molecule has 0 unspecified atom stereocenters. The van der Waals surface area contributed by atoms with Crippen LogP contribution in [-0.4, -0.2) is 39.6 Å². The van der Waals surface area contributed by atoms with Crippen LogP contribution in [0, 0.1) is 5.92 Å². The van der Waals surface area contributed by atoms with Crippen LogP contribution in [0.25, 0.3) is 16.9 Å². The van der Waals surface area contributed by atoms with Gasteiger partial charge >= 0.3 is 0 Å². The number of anilines is 1. The highest BCUT2D eigenvalue weighted by Crippen LogP contribution is 2.29. The van der Waals surface area contributed by atoms with Crippen LogP contribution in [0.1, 0.15) is 30.9 Å². The number of aromatic nitrogens is 2. The summed E-state index contributed by atoms with van der Waals surface area (Å²) < 4.78 is 1.63. The van der Waals surface area contributed by atoms with E-state index in [1.807, 2.05) is 129 Å². The van der Waals surface area contributed by atoms with Gasteiger partial charge in [-0.3, -0.25) is 9.59 Å². The van der Waals surface area contributed by atoms with Gasteiger partial charge in [0.25, 0.3) is 0 Å². The Bertz CT molecular complexity index is 1600. The van der Waals surface area contributed by atoms with E-state index in [1.165, 1.54) is 0 Å². The highest BCUT2D eigenvalue weighted by Gasteiger charge is 2.29. The minimum Gasteiger partial charge on any atom is -0.332 e. The van der Waals surface area contributed by atoms with E-state index in [4.69, 9.17) is 16.7 Å². The number of amides is 2. The fourth-order valence-electron chi connectivity index (χ4n) is 5.01. The molecule has 7 heteroatoms. The molecular weight excluding hydrogens is 544 g/mol. The van der Waals surface area contributed by atoms with Gasteiger partial charge in [0.05, 0.1) is 28.9 Å². The van der Waals surface area contributed by atoms with Crippen molar-refractivity contribution < 1.29 is 9.59 Å². The molecule has 0 spiro atoms. The number of hydrogen-bond donors (Lipinski definition) is 1. The highest BCUT2D eigenvalue weighted by atomic mass is 35.5. The number of nitrogens with one attached hydrogen (secondary N) is 1. The van der Waals surface area contributed by atoms with E-state index in [-0.39, 0.29) is 24.3 Å². The molecule has 5 rings (SSSR count). The summed E-state index contributed by atoms with van der Waals surface area (Å²) in [5.41, 5.74) is 4.00. The third-order valence-electron chi connectivity index (χ3n) is 6.87. The summed E-state index contributed by atoms with van der Waals surface area (Å²) in [7, 11) is 0. The zero-order chi connectivity index (χ0) is 29.5. The topological polar surface area (TPSA) is 67.2 Å². The van der Waals surface area contributed by atoms with Gasteiger partial charge in [-0.15, -0.1) is 0 Å². The van der Waals surface area contributed by atoms with Crippen LogP contribution in [0.3, 0.4) is 0 Å². The van der Waals surface area contributed by atoms with Crippen molar-refractivity contribution >= 4 is 29.2 Å². The van der Waals surface area contributed by atoms with Crippen LogP contribution < -0.4 is 5.32 Å². The number of hydrogen-bond acceptors (Lipinski definition) is 3. The molecule has 4 aromatic carbocycles. The second kappa shape index (κ2) is 13.3. The number of halogens is 1. The molecule has 0 saturated carbocycles. The quantitative estimate of drug-likeness (QED) is 0.188. The monoisotopic (exact) mass is 576 g/mol. The van der Waals surface area contributed by atoms with E-state index >= 15 is 0 Å². The summed E-state index contributed by atoms with van der Waals surface area (Å²) in [5, 5.41) is 8.29. The first kappa shape index (κ1) is 28.8. The van der Waals surface area contributed by atoms with Crippen molar-refractivity contribution in [2.45, 2.75) is 19.8 Å². The molecule has 42 heavy (non-hydrogen) atoms. The first-order valence-corrected chi connectivity index (χ1v) is 14.4. The second-order valence-corrected chi connectivity index (χ2v) is 11.0. The van der Waals surface area contributed by atoms with Gasteiger partial charge in [-0.2, -0.15) is 5.10 Å². The van der Waals surface area contributed by atoms with Gasteiger partial charge in [0.1, 0.15) is 5.82 Å². The van der Waals surface area contributed by atoms with Gasteiger partial charge in [-0.05, 0) is 29.2 Å². The van der Waals surface area contributed by atoms with E-state index in [0.717, 1.165) is 16.7 Å². The fraction of sp³-hybridized carbons (Fsp3) is 0.171. The van der Waals surface area contributed by atoms with E-state index in [1.54, 1.807) is 15.6 Å². The summed E-state index contributed by atoms with van der Waals surface area (Å²) in [6.45, 7) is 4.40. The lowest BCUT2D eigenvalue weighted by Gasteiger charge is -2.29. The average Bonchev–Trinajstić information content (AvgIpc) is 3.41. The predicted molar refractivity (Wildman–Crippen MR) is 169 cm³/mol. The summed E-state index contributed by atoms with van der Waals surface area (Å²) in [6.07, 6.45) is 0. The lowest BCUT2D eigenvalue weighted by molar-refractivity contribution is -0.135. The molecule has 2 amide bonds. The molecule has 0 saturated heterocycles. The van der Waals surface area contributed by atoms with Gasteiger partial charge in [-0.25, -0.2) is 4.68 Å². The van der Waals surface area contributed by atoms with Crippen LogP contribution >= 0.6 is 11.6 Å². The van der Waals surface area contributed by atoms with Gasteiger partial charge in [0, 0.05) is 18.2 Å². The SMILES string of the molecule is CC(C)CN(CC(=O)Nc1cc(-c2ccccc2)nn1-c1ccccc1Cl)C(=O)C(c1ccccc1)c1ccccc1. The largest absolute Gasteiger partial charge is 0.332 e. The maximum Gasteiger partial charge on any atom is 0.245 e. The maximum atomic E-state index is 14.2. The predicted octanol–water partition coefficient (Wildman–Crippen LogP) is 7.45. The molecule has 0 radical (unpaired) electrons. The van der Waals surface area contributed by atoms with Crippen LogP contribution in [0.15, 0.2) is 121 Å². The van der Waals surface area contributed by atoms with Crippen molar-refractivity contribution in [1.29, 1.82) is 0 Å². The Morgan fingerprint density at radius 2 is 1.36 bits per heavy atom. The first-order valence-electron chi connectivity index (χ1n) is 14.0. The smallest absolute Gasteiger partial charge is 0.245 e. The number of carbonyl (C=O) groups is 2. The minimum atomic E-state index is -0.530.